The maximum Gasteiger partial charge on any atom is 0.120 e. The van der Waals surface area contributed by atoms with Crippen LogP contribution in [0.2, 0.25) is 0 Å². The van der Waals surface area contributed by atoms with E-state index in [0.717, 1.165) is 28.0 Å². The van der Waals surface area contributed by atoms with E-state index in [4.69, 9.17) is 4.74 Å². The van der Waals surface area contributed by atoms with E-state index < -0.39 is 0 Å². The summed E-state index contributed by atoms with van der Waals surface area (Å²) in [7, 11) is 1.66. The zero-order valence-corrected chi connectivity index (χ0v) is 14.4. The maximum absolute atomic E-state index is 5.23. The highest BCUT2D eigenvalue weighted by Crippen LogP contribution is 2.18. The molecular weight excluding hydrogens is 350 g/mol. The molecule has 114 valence electrons. The lowest BCUT2D eigenvalue weighted by Crippen LogP contribution is -2.01. The summed E-state index contributed by atoms with van der Waals surface area (Å²) in [5.74, 6) is 7.26. The molecule has 2 nitrogen and oxygen atoms in total. The second-order valence-electron chi connectivity index (χ2n) is 5.09. The van der Waals surface area contributed by atoms with Gasteiger partial charge in [-0.2, -0.15) is 0 Å². The Labute approximate surface area is 144 Å². The average molecular weight is 366 g/mol. The van der Waals surface area contributed by atoms with Gasteiger partial charge < -0.3 is 9.30 Å². The summed E-state index contributed by atoms with van der Waals surface area (Å²) in [6.07, 6.45) is 2.05. The lowest BCUT2D eigenvalue weighted by atomic mass is 10.2. The van der Waals surface area contributed by atoms with Crippen molar-refractivity contribution in [3.8, 4) is 17.6 Å². The zero-order valence-electron chi connectivity index (χ0n) is 12.8. The van der Waals surface area contributed by atoms with Crippen molar-refractivity contribution in [2.24, 2.45) is 0 Å². The van der Waals surface area contributed by atoms with Crippen molar-refractivity contribution in [2.75, 3.05) is 7.11 Å². The Morgan fingerprint density at radius 2 is 1.87 bits per heavy atom. The van der Waals surface area contributed by atoms with Crippen LogP contribution in [0.4, 0.5) is 0 Å². The second-order valence-corrected chi connectivity index (χ2v) is 5.95. The van der Waals surface area contributed by atoms with E-state index in [1.807, 2.05) is 48.5 Å². The van der Waals surface area contributed by atoms with Gasteiger partial charge in [0.2, 0.25) is 0 Å². The molecular formula is C20H16BrNO. The van der Waals surface area contributed by atoms with Crippen LogP contribution in [0.25, 0.3) is 0 Å². The molecule has 0 unspecified atom stereocenters. The summed E-state index contributed by atoms with van der Waals surface area (Å²) >= 11 is 3.59. The molecule has 0 aliphatic carbocycles. The molecule has 0 radical (unpaired) electrons. The molecule has 0 saturated carbocycles. The monoisotopic (exact) mass is 365 g/mol. The number of nitrogens with zero attached hydrogens (tertiary/aromatic N) is 1. The molecule has 1 aromatic heterocycles. The molecule has 3 aromatic rings. The van der Waals surface area contributed by atoms with Gasteiger partial charge in [0, 0.05) is 22.8 Å². The van der Waals surface area contributed by atoms with E-state index in [1.165, 1.54) is 5.56 Å². The van der Waals surface area contributed by atoms with E-state index in [9.17, 15) is 0 Å². The van der Waals surface area contributed by atoms with Crippen molar-refractivity contribution in [1.82, 2.24) is 4.57 Å². The van der Waals surface area contributed by atoms with Crippen molar-refractivity contribution in [3.05, 3.63) is 88.2 Å². The standard InChI is InChI=1S/C20H16BrNO/c1-23-19-9-4-6-16(14-19)11-12-18-8-5-13-22(18)15-17-7-2-3-10-20(17)21/h2-10,13-14H,15H2,1H3. The first-order valence-corrected chi connectivity index (χ1v) is 8.10. The van der Waals surface area contributed by atoms with Crippen LogP contribution in [-0.2, 0) is 6.54 Å². The lowest BCUT2D eigenvalue weighted by molar-refractivity contribution is 0.414. The SMILES string of the molecule is COc1cccc(C#Cc2cccn2Cc2ccccc2Br)c1. The quantitative estimate of drug-likeness (QED) is 0.613. The predicted octanol–water partition coefficient (Wildman–Crippen LogP) is 4.71. The van der Waals surface area contributed by atoms with Crippen LogP contribution in [0.1, 0.15) is 16.8 Å². The number of halogens is 1. The predicted molar refractivity (Wildman–Crippen MR) is 96.7 cm³/mol. The van der Waals surface area contributed by atoms with E-state index in [-0.39, 0.29) is 0 Å². The van der Waals surface area contributed by atoms with Crippen molar-refractivity contribution < 1.29 is 4.74 Å². The van der Waals surface area contributed by atoms with Crippen LogP contribution >= 0.6 is 15.9 Å². The van der Waals surface area contributed by atoms with Gasteiger partial charge in [-0.05, 0) is 47.9 Å². The molecule has 0 bridgehead atoms. The molecule has 0 amide bonds. The van der Waals surface area contributed by atoms with Crippen LogP contribution in [0.15, 0.2) is 71.3 Å². The van der Waals surface area contributed by atoms with Gasteiger partial charge in [-0.25, -0.2) is 0 Å². The van der Waals surface area contributed by atoms with Crippen LogP contribution < -0.4 is 4.74 Å². The van der Waals surface area contributed by atoms with E-state index in [1.54, 1.807) is 7.11 Å². The Morgan fingerprint density at radius 1 is 1.00 bits per heavy atom. The summed E-state index contributed by atoms with van der Waals surface area (Å²) < 4.78 is 8.49. The Morgan fingerprint density at radius 3 is 2.70 bits per heavy atom. The normalized spacial score (nSPS) is 10.0. The van der Waals surface area contributed by atoms with Crippen molar-refractivity contribution in [2.45, 2.75) is 6.54 Å². The van der Waals surface area contributed by atoms with Crippen molar-refractivity contribution in [3.63, 3.8) is 0 Å². The van der Waals surface area contributed by atoms with Gasteiger partial charge in [-0.15, -0.1) is 0 Å². The molecule has 0 aliphatic heterocycles. The van der Waals surface area contributed by atoms with Gasteiger partial charge in [0.05, 0.1) is 12.8 Å². The molecule has 3 rings (SSSR count). The summed E-state index contributed by atoms with van der Waals surface area (Å²) in [5, 5.41) is 0. The first kappa shape index (κ1) is 15.5. The van der Waals surface area contributed by atoms with Gasteiger partial charge in [0.25, 0.3) is 0 Å². The van der Waals surface area contributed by atoms with E-state index >= 15 is 0 Å². The molecule has 0 atom stereocenters. The topological polar surface area (TPSA) is 14.2 Å². The van der Waals surface area contributed by atoms with Gasteiger partial charge in [-0.1, -0.05) is 46.1 Å². The zero-order chi connectivity index (χ0) is 16.1. The molecule has 0 spiro atoms. The third-order valence-corrected chi connectivity index (χ3v) is 4.31. The van der Waals surface area contributed by atoms with Crippen LogP contribution in [0.5, 0.6) is 5.75 Å². The van der Waals surface area contributed by atoms with Gasteiger partial charge in [-0.3, -0.25) is 0 Å². The minimum atomic E-state index is 0.788. The third kappa shape index (κ3) is 3.85. The Kier molecular flexibility index (Phi) is 4.85. The molecule has 0 N–H and O–H groups in total. The first-order valence-electron chi connectivity index (χ1n) is 7.31. The number of ether oxygens (including phenoxy) is 1. The highest BCUT2D eigenvalue weighted by molar-refractivity contribution is 9.10. The van der Waals surface area contributed by atoms with Crippen LogP contribution in [0, 0.1) is 11.8 Å². The Bertz CT molecular complexity index is 870. The second kappa shape index (κ2) is 7.21. The molecule has 0 aliphatic rings. The summed E-state index contributed by atoms with van der Waals surface area (Å²) in [4.78, 5) is 0. The number of hydrogen-bond donors (Lipinski definition) is 0. The highest BCUT2D eigenvalue weighted by Gasteiger charge is 2.02. The fourth-order valence-electron chi connectivity index (χ4n) is 2.31. The van der Waals surface area contributed by atoms with E-state index in [2.05, 4.69) is 50.7 Å². The largest absolute Gasteiger partial charge is 0.497 e. The van der Waals surface area contributed by atoms with Crippen LogP contribution in [-0.4, -0.2) is 11.7 Å². The minimum Gasteiger partial charge on any atom is -0.497 e. The lowest BCUT2D eigenvalue weighted by Gasteiger charge is -2.07. The third-order valence-electron chi connectivity index (χ3n) is 3.53. The molecule has 1 heterocycles. The molecule has 0 fully saturated rings. The summed E-state index contributed by atoms with van der Waals surface area (Å²) in [5.41, 5.74) is 3.16. The van der Waals surface area contributed by atoms with Gasteiger partial charge in [0.1, 0.15) is 5.75 Å². The summed E-state index contributed by atoms with van der Waals surface area (Å²) in [6.45, 7) is 0.788. The number of hydrogen-bond acceptors (Lipinski definition) is 1. The van der Waals surface area contributed by atoms with Crippen LogP contribution in [0.3, 0.4) is 0 Å². The Hall–Kier alpha value is -2.44. The molecule has 2 aromatic carbocycles. The minimum absolute atomic E-state index is 0.788. The molecule has 23 heavy (non-hydrogen) atoms. The summed E-state index contributed by atoms with van der Waals surface area (Å²) in [6, 6.07) is 20.1. The number of benzene rings is 2. The molecule has 0 saturated heterocycles. The molecule has 3 heteroatoms. The first-order chi connectivity index (χ1) is 11.3. The van der Waals surface area contributed by atoms with Gasteiger partial charge >= 0.3 is 0 Å². The average Bonchev–Trinajstić information content (AvgIpc) is 3.02. The van der Waals surface area contributed by atoms with Gasteiger partial charge in [0.15, 0.2) is 0 Å². The fourth-order valence-corrected chi connectivity index (χ4v) is 2.72. The number of aromatic nitrogens is 1. The maximum atomic E-state index is 5.23. The highest BCUT2D eigenvalue weighted by atomic mass is 79.9. The van der Waals surface area contributed by atoms with Crippen molar-refractivity contribution >= 4 is 15.9 Å². The van der Waals surface area contributed by atoms with E-state index in [0.29, 0.717) is 0 Å². The number of methoxy groups -OCH3 is 1. The number of rotatable bonds is 3. The van der Waals surface area contributed by atoms with Crippen molar-refractivity contribution in [1.29, 1.82) is 0 Å². The smallest absolute Gasteiger partial charge is 0.120 e. The fraction of sp³-hybridized carbons (Fsp3) is 0.100. The Balaban J connectivity index is 1.85.